The first-order chi connectivity index (χ1) is 4.13. The molecule has 0 saturated heterocycles. The third-order valence-corrected chi connectivity index (χ3v) is 1.17. The zero-order valence-electron chi connectivity index (χ0n) is 5.34. The summed E-state index contributed by atoms with van der Waals surface area (Å²) in [5.74, 6) is 0.475. The summed E-state index contributed by atoms with van der Waals surface area (Å²) in [7, 11) is 1.52. The van der Waals surface area contributed by atoms with Gasteiger partial charge in [-0.3, -0.25) is 4.79 Å². The third-order valence-electron chi connectivity index (χ3n) is 1.17. The fourth-order valence-electron chi connectivity index (χ4n) is 0.616. The van der Waals surface area contributed by atoms with Gasteiger partial charge in [0.1, 0.15) is 5.69 Å². The summed E-state index contributed by atoms with van der Waals surface area (Å²) in [5, 5.41) is 0. The van der Waals surface area contributed by atoms with Gasteiger partial charge >= 0.3 is 5.56 Å². The van der Waals surface area contributed by atoms with E-state index in [2.05, 4.69) is 0 Å². The summed E-state index contributed by atoms with van der Waals surface area (Å²) in [6.45, 7) is 1.65. The second-order valence-corrected chi connectivity index (χ2v) is 1.86. The normalized spacial score (nSPS) is 10.0. The molecule has 0 aliphatic rings. The highest BCUT2D eigenvalue weighted by Gasteiger charge is 2.04. The third kappa shape index (κ3) is 0.718. The average Bonchev–Trinajstić information content (AvgIpc) is 1.98. The summed E-state index contributed by atoms with van der Waals surface area (Å²) < 4.78 is 5.93. The second kappa shape index (κ2) is 1.65. The average molecular weight is 128 g/mol. The molecule has 1 aromatic rings. The molecule has 4 heteroatoms. The molecule has 0 aromatic carbocycles. The highest BCUT2D eigenvalue weighted by Crippen LogP contribution is 2.01. The number of aromatic nitrogens is 1. The number of nitrogens with two attached hydrogens (primary N) is 1. The Morgan fingerprint density at radius 3 is 2.33 bits per heavy atom. The standard InChI is InChI=1S/C5H8N2O2/c1-3-4(6)5(8)7(2)9-3/h6H2,1-2H3. The number of nitrogen functional groups attached to an aromatic ring is 1. The number of hydrogen-bond acceptors (Lipinski definition) is 3. The lowest BCUT2D eigenvalue weighted by molar-refractivity contribution is 0.283. The second-order valence-electron chi connectivity index (χ2n) is 1.86. The van der Waals surface area contributed by atoms with Crippen molar-refractivity contribution in [2.45, 2.75) is 6.92 Å². The number of hydrogen-bond donors (Lipinski definition) is 1. The molecule has 1 aromatic heterocycles. The fourth-order valence-corrected chi connectivity index (χ4v) is 0.616. The maximum atomic E-state index is 10.7. The molecule has 0 atom stereocenters. The smallest absolute Gasteiger partial charge is 0.305 e. The summed E-state index contributed by atoms with van der Waals surface area (Å²) >= 11 is 0. The van der Waals surface area contributed by atoms with Crippen LogP contribution in [0.1, 0.15) is 5.76 Å². The van der Waals surface area contributed by atoms with E-state index in [-0.39, 0.29) is 11.2 Å². The van der Waals surface area contributed by atoms with Crippen molar-refractivity contribution in [3.63, 3.8) is 0 Å². The Labute approximate surface area is 51.8 Å². The molecule has 0 bridgehead atoms. The Bertz CT molecular complexity index is 271. The zero-order chi connectivity index (χ0) is 7.02. The Kier molecular flexibility index (Phi) is 1.09. The number of nitrogens with zero attached hydrogens (tertiary/aromatic N) is 1. The molecule has 0 fully saturated rings. The summed E-state index contributed by atoms with van der Waals surface area (Å²) in [6, 6.07) is 0. The van der Waals surface area contributed by atoms with Crippen molar-refractivity contribution in [2.75, 3.05) is 5.73 Å². The van der Waals surface area contributed by atoms with Crippen LogP contribution in [0.15, 0.2) is 9.32 Å². The van der Waals surface area contributed by atoms with Crippen LogP contribution in [-0.4, -0.2) is 4.74 Å². The van der Waals surface area contributed by atoms with E-state index in [1.165, 1.54) is 7.05 Å². The van der Waals surface area contributed by atoms with Crippen LogP contribution in [0.5, 0.6) is 0 Å². The largest absolute Gasteiger partial charge is 0.391 e. The maximum absolute atomic E-state index is 10.7. The van der Waals surface area contributed by atoms with E-state index in [1.807, 2.05) is 0 Å². The Morgan fingerprint density at radius 1 is 1.67 bits per heavy atom. The van der Waals surface area contributed by atoms with Crippen LogP contribution in [0.4, 0.5) is 5.69 Å². The van der Waals surface area contributed by atoms with Gasteiger partial charge in [-0.25, -0.2) is 0 Å². The van der Waals surface area contributed by atoms with Gasteiger partial charge in [0.25, 0.3) is 0 Å². The van der Waals surface area contributed by atoms with E-state index in [1.54, 1.807) is 6.92 Å². The molecule has 1 heterocycles. The summed E-state index contributed by atoms with van der Waals surface area (Å²) in [5.41, 5.74) is 5.20. The molecule has 0 spiro atoms. The van der Waals surface area contributed by atoms with Gasteiger partial charge in [0.05, 0.1) is 0 Å². The Morgan fingerprint density at radius 2 is 2.22 bits per heavy atom. The molecule has 9 heavy (non-hydrogen) atoms. The first kappa shape index (κ1) is 5.94. The van der Waals surface area contributed by atoms with E-state index < -0.39 is 0 Å². The molecule has 0 radical (unpaired) electrons. The van der Waals surface area contributed by atoms with Crippen LogP contribution in [-0.2, 0) is 7.05 Å². The van der Waals surface area contributed by atoms with Gasteiger partial charge in [0.2, 0.25) is 0 Å². The van der Waals surface area contributed by atoms with Crippen LogP contribution in [0.25, 0.3) is 0 Å². The zero-order valence-corrected chi connectivity index (χ0v) is 5.34. The minimum atomic E-state index is -0.271. The molecule has 4 nitrogen and oxygen atoms in total. The van der Waals surface area contributed by atoms with Crippen LogP contribution in [0, 0.1) is 6.92 Å². The Balaban J connectivity index is 3.48. The first-order valence-corrected chi connectivity index (χ1v) is 2.55. The van der Waals surface area contributed by atoms with Gasteiger partial charge in [-0.15, -0.1) is 0 Å². The van der Waals surface area contributed by atoms with Gasteiger partial charge in [0.15, 0.2) is 5.76 Å². The maximum Gasteiger partial charge on any atom is 0.305 e. The molecule has 50 valence electrons. The van der Waals surface area contributed by atoms with Crippen molar-refractivity contribution >= 4 is 5.69 Å². The van der Waals surface area contributed by atoms with Crippen molar-refractivity contribution in [1.82, 2.24) is 4.74 Å². The predicted molar refractivity (Wildman–Crippen MR) is 33.1 cm³/mol. The van der Waals surface area contributed by atoms with E-state index in [4.69, 9.17) is 10.3 Å². The molecule has 0 amide bonds. The van der Waals surface area contributed by atoms with Crippen LogP contribution < -0.4 is 11.3 Å². The van der Waals surface area contributed by atoms with Crippen molar-refractivity contribution in [1.29, 1.82) is 0 Å². The molecular weight excluding hydrogens is 120 g/mol. The van der Waals surface area contributed by atoms with Crippen molar-refractivity contribution in [3.05, 3.63) is 16.1 Å². The quantitative estimate of drug-likeness (QED) is 0.529. The van der Waals surface area contributed by atoms with E-state index in [0.717, 1.165) is 4.74 Å². The van der Waals surface area contributed by atoms with Crippen LogP contribution in [0.3, 0.4) is 0 Å². The lowest BCUT2D eigenvalue weighted by atomic mass is 10.4. The highest BCUT2D eigenvalue weighted by atomic mass is 16.5. The van der Waals surface area contributed by atoms with Crippen LogP contribution >= 0.6 is 0 Å². The fraction of sp³-hybridized carbons (Fsp3) is 0.400. The lowest BCUT2D eigenvalue weighted by Crippen LogP contribution is -2.12. The van der Waals surface area contributed by atoms with E-state index in [9.17, 15) is 4.79 Å². The highest BCUT2D eigenvalue weighted by molar-refractivity contribution is 5.37. The van der Waals surface area contributed by atoms with E-state index >= 15 is 0 Å². The van der Waals surface area contributed by atoms with Gasteiger partial charge in [-0.05, 0) is 6.92 Å². The van der Waals surface area contributed by atoms with E-state index in [0.29, 0.717) is 5.76 Å². The minimum Gasteiger partial charge on any atom is -0.391 e. The molecule has 1 rings (SSSR count). The Hall–Kier alpha value is -1.19. The molecule has 0 aliphatic carbocycles. The van der Waals surface area contributed by atoms with Crippen molar-refractivity contribution < 1.29 is 4.52 Å². The molecule has 0 saturated carbocycles. The summed E-state index contributed by atoms with van der Waals surface area (Å²) in [6.07, 6.45) is 0. The van der Waals surface area contributed by atoms with Gasteiger partial charge < -0.3 is 10.3 Å². The SMILES string of the molecule is Cc1on(C)c(=O)c1N. The van der Waals surface area contributed by atoms with Gasteiger partial charge in [-0.2, -0.15) is 4.74 Å². The number of rotatable bonds is 0. The summed E-state index contributed by atoms with van der Waals surface area (Å²) in [4.78, 5) is 10.7. The van der Waals surface area contributed by atoms with Crippen LogP contribution in [0.2, 0.25) is 0 Å². The predicted octanol–water partition coefficient (Wildman–Crippen LogP) is -0.131. The van der Waals surface area contributed by atoms with Crippen molar-refractivity contribution in [2.24, 2.45) is 7.05 Å². The molecule has 0 aliphatic heterocycles. The number of aryl methyl sites for hydroxylation is 2. The lowest BCUT2D eigenvalue weighted by Gasteiger charge is -1.80. The molecule has 0 unspecified atom stereocenters. The minimum absolute atomic E-state index is 0.192. The van der Waals surface area contributed by atoms with Gasteiger partial charge in [-0.1, -0.05) is 0 Å². The van der Waals surface area contributed by atoms with Crippen molar-refractivity contribution in [3.8, 4) is 0 Å². The molecular formula is C5H8N2O2. The number of anilines is 1. The first-order valence-electron chi connectivity index (χ1n) is 2.55. The molecule has 2 N–H and O–H groups in total. The monoisotopic (exact) mass is 128 g/mol. The van der Waals surface area contributed by atoms with Gasteiger partial charge in [0, 0.05) is 7.05 Å². The topological polar surface area (TPSA) is 61.2 Å².